The minimum absolute atomic E-state index is 1.26. The second kappa shape index (κ2) is 18.6. The van der Waals surface area contributed by atoms with Crippen molar-refractivity contribution in [1.29, 1.82) is 0 Å². The Morgan fingerprint density at radius 1 is 0.486 bits per heavy atom. The minimum Gasteiger partial charge on any atom is -0.0654 e. The normalized spacial score (nSPS) is 12.0. The first-order chi connectivity index (χ1) is 17.1. The maximum absolute atomic E-state index is 2.55. The van der Waals surface area contributed by atoms with Gasteiger partial charge in [0.05, 0.1) is 8.07 Å². The summed E-state index contributed by atoms with van der Waals surface area (Å²) in [5, 5.41) is 1.61. The summed E-state index contributed by atoms with van der Waals surface area (Å²) < 4.78 is 0. The molecular weight excluding hydrogens is 436 g/mol. The molecule has 1 heteroatoms. The van der Waals surface area contributed by atoms with E-state index in [1.165, 1.54) is 120 Å². The number of unbranched alkanes of at least 4 members (excludes halogenated alkanes) is 15. The van der Waals surface area contributed by atoms with Crippen LogP contribution in [-0.2, 0) is 0 Å². The molecular formula is C34H54Si. The van der Waals surface area contributed by atoms with Gasteiger partial charge < -0.3 is 0 Å². The SMILES string of the molecule is CCCCCCCCCCCCCCCCCC[Si](C)(C)c1ccc(/C=C/c2ccccc2)cc1. The molecule has 0 heterocycles. The van der Waals surface area contributed by atoms with E-state index >= 15 is 0 Å². The number of hydrogen-bond donors (Lipinski definition) is 0. The van der Waals surface area contributed by atoms with Crippen LogP contribution in [0.3, 0.4) is 0 Å². The van der Waals surface area contributed by atoms with E-state index in [2.05, 4.69) is 86.8 Å². The molecule has 0 bridgehead atoms. The van der Waals surface area contributed by atoms with Gasteiger partial charge in [-0.3, -0.25) is 0 Å². The van der Waals surface area contributed by atoms with E-state index in [4.69, 9.17) is 0 Å². The fourth-order valence-electron chi connectivity index (χ4n) is 5.06. The van der Waals surface area contributed by atoms with Gasteiger partial charge in [0.1, 0.15) is 0 Å². The molecule has 0 unspecified atom stereocenters. The van der Waals surface area contributed by atoms with Gasteiger partial charge in [-0.25, -0.2) is 0 Å². The Morgan fingerprint density at radius 3 is 1.34 bits per heavy atom. The molecule has 194 valence electrons. The molecule has 0 atom stereocenters. The molecule has 0 aromatic heterocycles. The van der Waals surface area contributed by atoms with Crippen LogP contribution in [0.4, 0.5) is 0 Å². The van der Waals surface area contributed by atoms with E-state index in [0.29, 0.717) is 0 Å². The van der Waals surface area contributed by atoms with Crippen molar-refractivity contribution in [2.75, 3.05) is 0 Å². The molecule has 2 aromatic rings. The van der Waals surface area contributed by atoms with Crippen LogP contribution in [0.15, 0.2) is 54.6 Å². The first kappa shape index (κ1) is 29.6. The van der Waals surface area contributed by atoms with Crippen molar-refractivity contribution in [3.05, 3.63) is 65.7 Å². The van der Waals surface area contributed by atoms with E-state index in [0.717, 1.165) is 0 Å². The van der Waals surface area contributed by atoms with Crippen molar-refractivity contribution >= 4 is 25.4 Å². The van der Waals surface area contributed by atoms with Gasteiger partial charge in [0, 0.05) is 0 Å². The van der Waals surface area contributed by atoms with Gasteiger partial charge in [-0.05, 0) is 11.1 Å². The van der Waals surface area contributed by atoms with Gasteiger partial charge >= 0.3 is 0 Å². The van der Waals surface area contributed by atoms with Crippen LogP contribution in [0, 0.1) is 0 Å². The topological polar surface area (TPSA) is 0 Å². The molecule has 0 aliphatic carbocycles. The summed E-state index contributed by atoms with van der Waals surface area (Å²) in [6.45, 7) is 7.40. The average molecular weight is 491 g/mol. The first-order valence-electron chi connectivity index (χ1n) is 15.0. The second-order valence-corrected chi connectivity index (χ2v) is 16.1. The standard InChI is InChI=1S/C34H54Si/c1-4-5-6-7-8-9-10-11-12-13-14-15-16-17-18-22-31-35(2,3)34-29-27-33(28-30-34)26-25-32-23-20-19-21-24-32/h19-21,23-30H,4-18,22,31H2,1-3H3/b26-25+. The summed E-state index contributed by atoms with van der Waals surface area (Å²) in [6.07, 6.45) is 27.6. The van der Waals surface area contributed by atoms with Gasteiger partial charge in [0.2, 0.25) is 0 Å². The average Bonchev–Trinajstić information content (AvgIpc) is 2.88. The predicted molar refractivity (Wildman–Crippen MR) is 163 cm³/mol. The number of hydrogen-bond acceptors (Lipinski definition) is 0. The van der Waals surface area contributed by atoms with E-state index in [1.54, 1.807) is 5.19 Å². The van der Waals surface area contributed by atoms with Crippen LogP contribution in [0.5, 0.6) is 0 Å². The van der Waals surface area contributed by atoms with Gasteiger partial charge in [0.25, 0.3) is 0 Å². The second-order valence-electron chi connectivity index (χ2n) is 11.3. The maximum atomic E-state index is 2.55. The van der Waals surface area contributed by atoms with Crippen molar-refractivity contribution in [3.63, 3.8) is 0 Å². The summed E-state index contributed by atoms with van der Waals surface area (Å²) in [7, 11) is -1.32. The lowest BCUT2D eigenvalue weighted by atomic mass is 10.0. The van der Waals surface area contributed by atoms with Crippen LogP contribution < -0.4 is 5.19 Å². The highest BCUT2D eigenvalue weighted by Crippen LogP contribution is 2.18. The largest absolute Gasteiger partial charge is 0.0806 e. The van der Waals surface area contributed by atoms with Crippen LogP contribution >= 0.6 is 0 Å². The highest BCUT2D eigenvalue weighted by molar-refractivity contribution is 6.89. The summed E-state index contributed by atoms with van der Waals surface area (Å²) in [6, 6.07) is 21.4. The third-order valence-corrected chi connectivity index (χ3v) is 11.1. The Balaban J connectivity index is 1.48. The molecule has 0 spiro atoms. The smallest absolute Gasteiger partial charge is 0.0654 e. The summed E-state index contributed by atoms with van der Waals surface area (Å²) in [4.78, 5) is 0. The monoisotopic (exact) mass is 490 g/mol. The van der Waals surface area contributed by atoms with E-state index in [-0.39, 0.29) is 0 Å². The molecule has 0 fully saturated rings. The third-order valence-electron chi connectivity index (χ3n) is 7.62. The Labute approximate surface area is 219 Å². The lowest BCUT2D eigenvalue weighted by molar-refractivity contribution is 0.531. The van der Waals surface area contributed by atoms with Gasteiger partial charge in [-0.2, -0.15) is 0 Å². The molecule has 0 aliphatic rings. The summed E-state index contributed by atoms with van der Waals surface area (Å²) in [5.74, 6) is 0. The Bertz CT molecular complexity index is 772. The lowest BCUT2D eigenvalue weighted by Gasteiger charge is -2.23. The molecule has 0 amide bonds. The van der Waals surface area contributed by atoms with Crippen molar-refractivity contribution < 1.29 is 0 Å². The lowest BCUT2D eigenvalue weighted by Crippen LogP contribution is -2.40. The first-order valence-corrected chi connectivity index (χ1v) is 18.2. The van der Waals surface area contributed by atoms with Crippen LogP contribution in [0.2, 0.25) is 19.1 Å². The minimum atomic E-state index is -1.32. The van der Waals surface area contributed by atoms with E-state index in [1.807, 2.05) is 0 Å². The van der Waals surface area contributed by atoms with Crippen LogP contribution in [0.1, 0.15) is 121 Å². The Hall–Kier alpha value is -1.60. The molecule has 0 saturated carbocycles. The number of rotatable bonds is 20. The quantitative estimate of drug-likeness (QED) is 0.0983. The molecule has 0 saturated heterocycles. The van der Waals surface area contributed by atoms with Gasteiger partial charge in [-0.1, -0.05) is 201 Å². The highest BCUT2D eigenvalue weighted by atomic mass is 28.3. The summed E-state index contributed by atoms with van der Waals surface area (Å²) >= 11 is 0. The zero-order valence-electron chi connectivity index (χ0n) is 23.4. The van der Waals surface area contributed by atoms with E-state index in [9.17, 15) is 0 Å². The van der Waals surface area contributed by atoms with Crippen molar-refractivity contribution in [2.24, 2.45) is 0 Å². The molecule has 2 rings (SSSR count). The van der Waals surface area contributed by atoms with Crippen LogP contribution in [-0.4, -0.2) is 8.07 Å². The molecule has 0 N–H and O–H groups in total. The van der Waals surface area contributed by atoms with Gasteiger partial charge in [0.15, 0.2) is 0 Å². The van der Waals surface area contributed by atoms with Crippen molar-refractivity contribution in [2.45, 2.75) is 129 Å². The Kier molecular flexibility index (Phi) is 15.8. The summed E-state index contributed by atoms with van der Waals surface area (Å²) in [5.41, 5.74) is 2.56. The van der Waals surface area contributed by atoms with E-state index < -0.39 is 8.07 Å². The molecule has 0 radical (unpaired) electrons. The molecule has 35 heavy (non-hydrogen) atoms. The van der Waals surface area contributed by atoms with Crippen molar-refractivity contribution in [3.8, 4) is 0 Å². The zero-order chi connectivity index (χ0) is 25.0. The Morgan fingerprint density at radius 2 is 0.886 bits per heavy atom. The van der Waals surface area contributed by atoms with Crippen LogP contribution in [0.25, 0.3) is 12.2 Å². The predicted octanol–water partition coefficient (Wildman–Crippen LogP) is 11.0. The maximum Gasteiger partial charge on any atom is 0.0806 e. The molecule has 0 nitrogen and oxygen atoms in total. The van der Waals surface area contributed by atoms with Crippen molar-refractivity contribution in [1.82, 2.24) is 0 Å². The molecule has 2 aromatic carbocycles. The zero-order valence-corrected chi connectivity index (χ0v) is 24.4. The molecule has 0 aliphatic heterocycles. The fourth-order valence-corrected chi connectivity index (χ4v) is 7.55. The van der Waals surface area contributed by atoms with Gasteiger partial charge in [-0.15, -0.1) is 0 Å². The third kappa shape index (κ3) is 13.9. The fraction of sp³-hybridized carbons (Fsp3) is 0.588. The highest BCUT2D eigenvalue weighted by Gasteiger charge is 2.22. The number of benzene rings is 2.